The van der Waals surface area contributed by atoms with E-state index in [2.05, 4.69) is 15.3 Å². The first kappa shape index (κ1) is 13.9. The van der Waals surface area contributed by atoms with Crippen LogP contribution in [0.15, 0.2) is 6.07 Å². The van der Waals surface area contributed by atoms with Gasteiger partial charge < -0.3 is 10.2 Å². The standard InChI is InChI=1S/C12H17F3N4/c1-8-17-10(16-2)6-11(18-8)19-5-3-4-9(7-19)12(13,14)15/h6,9H,3-5,7H2,1-2H3,(H,16,17,18). The van der Waals surface area contributed by atoms with Gasteiger partial charge in [-0.05, 0) is 19.8 Å². The summed E-state index contributed by atoms with van der Waals surface area (Å²) in [6.45, 7) is 2.31. The van der Waals surface area contributed by atoms with Crippen LogP contribution in [0.4, 0.5) is 24.8 Å². The van der Waals surface area contributed by atoms with E-state index in [4.69, 9.17) is 0 Å². The zero-order valence-electron chi connectivity index (χ0n) is 11.0. The van der Waals surface area contributed by atoms with Gasteiger partial charge in [-0.1, -0.05) is 0 Å². The van der Waals surface area contributed by atoms with E-state index >= 15 is 0 Å². The summed E-state index contributed by atoms with van der Waals surface area (Å²) in [7, 11) is 1.72. The molecule has 1 unspecified atom stereocenters. The summed E-state index contributed by atoms with van der Waals surface area (Å²) >= 11 is 0. The Labute approximate surface area is 110 Å². The predicted molar refractivity (Wildman–Crippen MR) is 67.3 cm³/mol. The van der Waals surface area contributed by atoms with Gasteiger partial charge in [0, 0.05) is 26.2 Å². The van der Waals surface area contributed by atoms with Crippen molar-refractivity contribution < 1.29 is 13.2 Å². The molecule has 19 heavy (non-hydrogen) atoms. The lowest BCUT2D eigenvalue weighted by Gasteiger charge is -2.34. The van der Waals surface area contributed by atoms with Gasteiger partial charge in [0.2, 0.25) is 0 Å². The molecule has 0 saturated carbocycles. The molecule has 1 aliphatic rings. The maximum absolute atomic E-state index is 12.8. The molecule has 0 aliphatic carbocycles. The Morgan fingerprint density at radius 1 is 1.37 bits per heavy atom. The number of anilines is 2. The van der Waals surface area contributed by atoms with Crippen molar-refractivity contribution in [2.24, 2.45) is 5.92 Å². The Morgan fingerprint density at radius 3 is 2.74 bits per heavy atom. The molecular formula is C12H17F3N4. The second-order valence-corrected chi connectivity index (χ2v) is 4.74. The molecule has 1 N–H and O–H groups in total. The fourth-order valence-corrected chi connectivity index (χ4v) is 2.29. The lowest BCUT2D eigenvalue weighted by Crippen LogP contribution is -2.42. The van der Waals surface area contributed by atoms with Gasteiger partial charge in [-0.3, -0.25) is 0 Å². The van der Waals surface area contributed by atoms with E-state index in [1.54, 1.807) is 24.9 Å². The number of rotatable bonds is 2. The Balaban J connectivity index is 2.19. The van der Waals surface area contributed by atoms with Gasteiger partial charge in [0.1, 0.15) is 17.5 Å². The highest BCUT2D eigenvalue weighted by Crippen LogP contribution is 2.34. The molecule has 1 fully saturated rings. The van der Waals surface area contributed by atoms with Crippen molar-refractivity contribution in [3.63, 3.8) is 0 Å². The van der Waals surface area contributed by atoms with Gasteiger partial charge in [-0.25, -0.2) is 9.97 Å². The lowest BCUT2D eigenvalue weighted by molar-refractivity contribution is -0.176. The maximum Gasteiger partial charge on any atom is 0.393 e. The molecule has 1 aromatic rings. The number of aryl methyl sites for hydroxylation is 1. The number of hydrogen-bond acceptors (Lipinski definition) is 4. The van der Waals surface area contributed by atoms with Crippen LogP contribution in [0.5, 0.6) is 0 Å². The van der Waals surface area contributed by atoms with Crippen LogP contribution < -0.4 is 10.2 Å². The van der Waals surface area contributed by atoms with Crippen molar-refractivity contribution in [2.45, 2.75) is 25.9 Å². The van der Waals surface area contributed by atoms with Crippen LogP contribution in [0.1, 0.15) is 18.7 Å². The molecule has 1 saturated heterocycles. The molecular weight excluding hydrogens is 257 g/mol. The number of piperidine rings is 1. The minimum atomic E-state index is -4.13. The molecule has 106 valence electrons. The number of nitrogens with one attached hydrogen (secondary N) is 1. The summed E-state index contributed by atoms with van der Waals surface area (Å²) in [4.78, 5) is 10.1. The average Bonchev–Trinajstić information content (AvgIpc) is 2.37. The highest BCUT2D eigenvalue weighted by atomic mass is 19.4. The molecule has 0 radical (unpaired) electrons. The van der Waals surface area contributed by atoms with Crippen LogP contribution in [-0.4, -0.2) is 36.3 Å². The third kappa shape index (κ3) is 3.27. The fraction of sp³-hybridized carbons (Fsp3) is 0.667. The van der Waals surface area contributed by atoms with Crippen molar-refractivity contribution in [1.82, 2.24) is 9.97 Å². The highest BCUT2D eigenvalue weighted by Gasteiger charge is 2.42. The fourth-order valence-electron chi connectivity index (χ4n) is 2.29. The minimum Gasteiger partial charge on any atom is -0.373 e. The van der Waals surface area contributed by atoms with Gasteiger partial charge in [0.25, 0.3) is 0 Å². The molecule has 2 heterocycles. The monoisotopic (exact) mass is 274 g/mol. The zero-order chi connectivity index (χ0) is 14.0. The van der Waals surface area contributed by atoms with E-state index < -0.39 is 12.1 Å². The number of alkyl halides is 3. The number of nitrogens with zero attached hydrogens (tertiary/aromatic N) is 3. The van der Waals surface area contributed by atoms with Crippen LogP contribution in [0.25, 0.3) is 0 Å². The molecule has 1 aromatic heterocycles. The first-order valence-electron chi connectivity index (χ1n) is 6.25. The first-order chi connectivity index (χ1) is 8.90. The van der Waals surface area contributed by atoms with E-state index in [9.17, 15) is 13.2 Å². The molecule has 7 heteroatoms. The SMILES string of the molecule is CNc1cc(N2CCCC(C(F)(F)F)C2)nc(C)n1. The maximum atomic E-state index is 12.8. The smallest absolute Gasteiger partial charge is 0.373 e. The van der Waals surface area contributed by atoms with E-state index in [1.807, 2.05) is 0 Å². The lowest BCUT2D eigenvalue weighted by atomic mass is 9.97. The minimum absolute atomic E-state index is 0.0247. The summed E-state index contributed by atoms with van der Waals surface area (Å²) in [5.74, 6) is 0.466. The van der Waals surface area contributed by atoms with E-state index in [0.717, 1.165) is 0 Å². The van der Waals surface area contributed by atoms with E-state index in [-0.39, 0.29) is 13.0 Å². The van der Waals surface area contributed by atoms with Crippen molar-refractivity contribution in [2.75, 3.05) is 30.4 Å². The predicted octanol–water partition coefficient (Wildman–Crippen LogP) is 2.61. The Kier molecular flexibility index (Phi) is 3.82. The Morgan fingerprint density at radius 2 is 2.11 bits per heavy atom. The van der Waals surface area contributed by atoms with Crippen LogP contribution in [0, 0.1) is 12.8 Å². The quantitative estimate of drug-likeness (QED) is 0.900. The summed E-state index contributed by atoms with van der Waals surface area (Å²) < 4.78 is 38.3. The zero-order valence-corrected chi connectivity index (χ0v) is 11.0. The topological polar surface area (TPSA) is 41.0 Å². The van der Waals surface area contributed by atoms with Crippen molar-refractivity contribution in [3.8, 4) is 0 Å². The average molecular weight is 274 g/mol. The summed E-state index contributed by atoms with van der Waals surface area (Å²) in [5, 5.41) is 2.89. The van der Waals surface area contributed by atoms with Crippen LogP contribution in [0.3, 0.4) is 0 Å². The van der Waals surface area contributed by atoms with Crippen molar-refractivity contribution in [1.29, 1.82) is 0 Å². The van der Waals surface area contributed by atoms with Gasteiger partial charge in [-0.2, -0.15) is 13.2 Å². The Hall–Kier alpha value is -1.53. The van der Waals surface area contributed by atoms with Crippen molar-refractivity contribution >= 4 is 11.6 Å². The molecule has 0 bridgehead atoms. The molecule has 2 rings (SSSR count). The van der Waals surface area contributed by atoms with Gasteiger partial charge >= 0.3 is 6.18 Å². The molecule has 1 atom stereocenters. The first-order valence-corrected chi connectivity index (χ1v) is 6.25. The number of halogens is 3. The summed E-state index contributed by atoms with van der Waals surface area (Å²) in [6, 6.07) is 1.69. The van der Waals surface area contributed by atoms with Gasteiger partial charge in [0.05, 0.1) is 5.92 Å². The number of hydrogen-bond donors (Lipinski definition) is 1. The third-order valence-electron chi connectivity index (χ3n) is 3.29. The summed E-state index contributed by atoms with van der Waals surface area (Å²) in [6.07, 6.45) is -3.41. The molecule has 0 aromatic carbocycles. The third-order valence-corrected chi connectivity index (χ3v) is 3.29. The molecule has 4 nitrogen and oxygen atoms in total. The second-order valence-electron chi connectivity index (χ2n) is 4.74. The normalized spacial score (nSPS) is 20.5. The Bertz CT molecular complexity index is 447. The van der Waals surface area contributed by atoms with Crippen molar-refractivity contribution in [3.05, 3.63) is 11.9 Å². The highest BCUT2D eigenvalue weighted by molar-refractivity contribution is 5.49. The van der Waals surface area contributed by atoms with E-state index in [1.165, 1.54) is 0 Å². The molecule has 0 amide bonds. The van der Waals surface area contributed by atoms with Crippen LogP contribution >= 0.6 is 0 Å². The number of aromatic nitrogens is 2. The molecule has 1 aliphatic heterocycles. The second kappa shape index (κ2) is 5.22. The van der Waals surface area contributed by atoms with Gasteiger partial charge in [-0.15, -0.1) is 0 Å². The van der Waals surface area contributed by atoms with Crippen LogP contribution in [0.2, 0.25) is 0 Å². The van der Waals surface area contributed by atoms with Gasteiger partial charge in [0.15, 0.2) is 0 Å². The molecule has 0 spiro atoms. The van der Waals surface area contributed by atoms with Crippen LogP contribution in [-0.2, 0) is 0 Å². The summed E-state index contributed by atoms with van der Waals surface area (Å²) in [5.41, 5.74) is 0. The largest absolute Gasteiger partial charge is 0.393 e. The van der Waals surface area contributed by atoms with E-state index in [0.29, 0.717) is 30.4 Å².